The largest absolute Gasteiger partial charge is 0.494 e. The van der Waals surface area contributed by atoms with Crippen LogP contribution in [-0.4, -0.2) is 19.8 Å². The molecule has 0 spiro atoms. The van der Waals surface area contributed by atoms with Crippen molar-refractivity contribution in [3.63, 3.8) is 0 Å². The topological polar surface area (TPSA) is 44.5 Å². The zero-order valence-corrected chi connectivity index (χ0v) is 12.5. The third-order valence-corrected chi connectivity index (χ3v) is 3.29. The van der Waals surface area contributed by atoms with Crippen LogP contribution in [0.4, 0.5) is 0 Å². The fourth-order valence-electron chi connectivity index (χ4n) is 2.21. The van der Waals surface area contributed by atoms with E-state index in [0.717, 1.165) is 17.7 Å². The van der Waals surface area contributed by atoms with Gasteiger partial charge in [0.1, 0.15) is 5.75 Å². The number of para-hydroxylation sites is 1. The third-order valence-electron chi connectivity index (χ3n) is 3.29. The van der Waals surface area contributed by atoms with Crippen molar-refractivity contribution in [1.29, 1.82) is 0 Å². The minimum absolute atomic E-state index is 0.163. The SMILES string of the molecule is CCOc1ccccc1C(N)COCCc1ccccc1. The van der Waals surface area contributed by atoms with Crippen LogP contribution in [0.25, 0.3) is 0 Å². The van der Waals surface area contributed by atoms with Crippen LogP contribution in [0, 0.1) is 0 Å². The van der Waals surface area contributed by atoms with Crippen LogP contribution in [0.1, 0.15) is 24.1 Å². The van der Waals surface area contributed by atoms with E-state index in [1.807, 2.05) is 49.4 Å². The molecule has 3 nitrogen and oxygen atoms in total. The lowest BCUT2D eigenvalue weighted by atomic mass is 10.1. The van der Waals surface area contributed by atoms with Crippen molar-refractivity contribution in [2.45, 2.75) is 19.4 Å². The molecule has 0 aromatic heterocycles. The van der Waals surface area contributed by atoms with E-state index in [1.54, 1.807) is 0 Å². The van der Waals surface area contributed by atoms with Crippen LogP contribution in [0.5, 0.6) is 5.75 Å². The summed E-state index contributed by atoms with van der Waals surface area (Å²) in [5.74, 6) is 0.846. The number of hydrogen-bond acceptors (Lipinski definition) is 3. The van der Waals surface area contributed by atoms with Gasteiger partial charge in [0.05, 0.1) is 25.9 Å². The minimum Gasteiger partial charge on any atom is -0.494 e. The number of nitrogens with two attached hydrogens (primary N) is 1. The summed E-state index contributed by atoms with van der Waals surface area (Å²) in [6.07, 6.45) is 0.903. The lowest BCUT2D eigenvalue weighted by Gasteiger charge is -2.16. The predicted molar refractivity (Wildman–Crippen MR) is 85.5 cm³/mol. The van der Waals surface area contributed by atoms with Crippen LogP contribution < -0.4 is 10.5 Å². The number of benzene rings is 2. The second-order valence-corrected chi connectivity index (χ2v) is 4.89. The first-order valence-corrected chi connectivity index (χ1v) is 7.40. The number of ether oxygens (including phenoxy) is 2. The monoisotopic (exact) mass is 285 g/mol. The zero-order chi connectivity index (χ0) is 14.9. The van der Waals surface area contributed by atoms with Crippen molar-refractivity contribution < 1.29 is 9.47 Å². The Labute approximate surface area is 126 Å². The highest BCUT2D eigenvalue weighted by molar-refractivity contribution is 5.35. The molecule has 0 aliphatic rings. The molecule has 2 N–H and O–H groups in total. The Kier molecular flexibility index (Phi) is 6.25. The Hall–Kier alpha value is -1.84. The van der Waals surface area contributed by atoms with Crippen LogP contribution in [0.2, 0.25) is 0 Å². The second-order valence-electron chi connectivity index (χ2n) is 4.89. The summed E-state index contributed by atoms with van der Waals surface area (Å²) in [6, 6.07) is 18.0. The highest BCUT2D eigenvalue weighted by atomic mass is 16.5. The average Bonchev–Trinajstić information content (AvgIpc) is 2.53. The van der Waals surface area contributed by atoms with E-state index in [2.05, 4.69) is 12.1 Å². The lowest BCUT2D eigenvalue weighted by molar-refractivity contribution is 0.123. The fourth-order valence-corrected chi connectivity index (χ4v) is 2.21. The summed E-state index contributed by atoms with van der Waals surface area (Å²) in [7, 11) is 0. The van der Waals surface area contributed by atoms with Gasteiger partial charge in [0.25, 0.3) is 0 Å². The number of hydrogen-bond donors (Lipinski definition) is 1. The van der Waals surface area contributed by atoms with Crippen molar-refractivity contribution in [3.05, 3.63) is 65.7 Å². The third kappa shape index (κ3) is 4.88. The summed E-state index contributed by atoms with van der Waals surface area (Å²) in [5.41, 5.74) is 8.48. The molecule has 0 fully saturated rings. The summed E-state index contributed by atoms with van der Waals surface area (Å²) < 4.78 is 11.3. The first kappa shape index (κ1) is 15.5. The molecule has 0 bridgehead atoms. The standard InChI is InChI=1S/C18H23NO2/c1-2-21-18-11-7-6-10-16(18)17(19)14-20-13-12-15-8-4-3-5-9-15/h3-11,17H,2,12-14,19H2,1H3. The molecule has 0 amide bonds. The average molecular weight is 285 g/mol. The number of rotatable bonds is 8. The van der Waals surface area contributed by atoms with Gasteiger partial charge in [-0.3, -0.25) is 0 Å². The van der Waals surface area contributed by atoms with E-state index in [-0.39, 0.29) is 6.04 Å². The van der Waals surface area contributed by atoms with Gasteiger partial charge in [0.15, 0.2) is 0 Å². The van der Waals surface area contributed by atoms with Crippen LogP contribution in [-0.2, 0) is 11.2 Å². The molecule has 0 saturated carbocycles. The zero-order valence-electron chi connectivity index (χ0n) is 12.5. The fraction of sp³-hybridized carbons (Fsp3) is 0.333. The molecule has 0 saturated heterocycles. The van der Waals surface area contributed by atoms with E-state index in [0.29, 0.717) is 19.8 Å². The summed E-state index contributed by atoms with van der Waals surface area (Å²) in [5, 5.41) is 0. The van der Waals surface area contributed by atoms with Crippen molar-refractivity contribution >= 4 is 0 Å². The van der Waals surface area contributed by atoms with Gasteiger partial charge >= 0.3 is 0 Å². The molecule has 2 aromatic rings. The summed E-state index contributed by atoms with van der Waals surface area (Å²) >= 11 is 0. The highest BCUT2D eigenvalue weighted by Gasteiger charge is 2.11. The van der Waals surface area contributed by atoms with Crippen molar-refractivity contribution in [2.75, 3.05) is 19.8 Å². The Balaban J connectivity index is 1.80. The van der Waals surface area contributed by atoms with Crippen molar-refractivity contribution in [1.82, 2.24) is 0 Å². The molecule has 3 heteroatoms. The van der Waals surface area contributed by atoms with Gasteiger partial charge in [0, 0.05) is 5.56 Å². The van der Waals surface area contributed by atoms with E-state index >= 15 is 0 Å². The molecule has 0 aliphatic carbocycles. The van der Waals surface area contributed by atoms with Crippen LogP contribution in [0.15, 0.2) is 54.6 Å². The first-order chi connectivity index (χ1) is 10.3. The molecule has 1 atom stereocenters. The van der Waals surface area contributed by atoms with Gasteiger partial charge in [-0.1, -0.05) is 48.5 Å². The molecule has 2 aromatic carbocycles. The normalized spacial score (nSPS) is 12.1. The van der Waals surface area contributed by atoms with E-state index in [1.165, 1.54) is 5.56 Å². The molecular weight excluding hydrogens is 262 g/mol. The lowest BCUT2D eigenvalue weighted by Crippen LogP contribution is -2.19. The molecule has 21 heavy (non-hydrogen) atoms. The van der Waals surface area contributed by atoms with Crippen LogP contribution >= 0.6 is 0 Å². The molecule has 2 rings (SSSR count). The van der Waals surface area contributed by atoms with E-state index < -0.39 is 0 Å². The Morgan fingerprint density at radius 3 is 2.48 bits per heavy atom. The maximum atomic E-state index is 6.20. The highest BCUT2D eigenvalue weighted by Crippen LogP contribution is 2.23. The second kappa shape index (κ2) is 8.45. The summed E-state index contributed by atoms with van der Waals surface area (Å²) in [4.78, 5) is 0. The maximum Gasteiger partial charge on any atom is 0.124 e. The van der Waals surface area contributed by atoms with Gasteiger partial charge in [-0.05, 0) is 25.0 Å². The van der Waals surface area contributed by atoms with Gasteiger partial charge in [-0.15, -0.1) is 0 Å². The van der Waals surface area contributed by atoms with E-state index in [4.69, 9.17) is 15.2 Å². The molecule has 1 unspecified atom stereocenters. The van der Waals surface area contributed by atoms with Gasteiger partial charge in [-0.25, -0.2) is 0 Å². The Morgan fingerprint density at radius 1 is 1.00 bits per heavy atom. The molecule has 0 radical (unpaired) electrons. The van der Waals surface area contributed by atoms with Crippen molar-refractivity contribution in [3.8, 4) is 5.75 Å². The summed E-state index contributed by atoms with van der Waals surface area (Å²) in [6.45, 7) is 3.78. The smallest absolute Gasteiger partial charge is 0.124 e. The quantitative estimate of drug-likeness (QED) is 0.757. The van der Waals surface area contributed by atoms with E-state index in [9.17, 15) is 0 Å². The molecule has 112 valence electrons. The Bertz CT molecular complexity index is 528. The van der Waals surface area contributed by atoms with Crippen LogP contribution in [0.3, 0.4) is 0 Å². The Morgan fingerprint density at radius 2 is 1.71 bits per heavy atom. The van der Waals surface area contributed by atoms with Gasteiger partial charge < -0.3 is 15.2 Å². The molecular formula is C18H23NO2. The van der Waals surface area contributed by atoms with Gasteiger partial charge in [0.2, 0.25) is 0 Å². The maximum absolute atomic E-state index is 6.20. The van der Waals surface area contributed by atoms with Crippen molar-refractivity contribution in [2.24, 2.45) is 5.73 Å². The molecule has 0 aliphatic heterocycles. The minimum atomic E-state index is -0.163. The van der Waals surface area contributed by atoms with Gasteiger partial charge in [-0.2, -0.15) is 0 Å². The first-order valence-electron chi connectivity index (χ1n) is 7.40. The predicted octanol–water partition coefficient (Wildman–Crippen LogP) is 3.34. The molecule has 0 heterocycles.